The van der Waals surface area contributed by atoms with E-state index in [9.17, 15) is 4.79 Å². The minimum absolute atomic E-state index is 0.338. The van der Waals surface area contributed by atoms with E-state index >= 15 is 0 Å². The second-order valence-electron chi connectivity index (χ2n) is 7.31. The maximum Gasteiger partial charge on any atom is 0.336 e. The predicted octanol–water partition coefficient (Wildman–Crippen LogP) is 5.15. The van der Waals surface area contributed by atoms with Gasteiger partial charge in [-0.1, -0.05) is 43.1 Å². The number of hydrogen-bond donors (Lipinski definition) is 0. The van der Waals surface area contributed by atoms with Crippen LogP contribution in [-0.4, -0.2) is 18.7 Å². The van der Waals surface area contributed by atoms with Gasteiger partial charge in [-0.25, -0.2) is 4.79 Å². The first kappa shape index (κ1) is 19.8. The highest BCUT2D eigenvalue weighted by atomic mass is 35.5. The molecule has 3 aromatic rings. The van der Waals surface area contributed by atoms with Crippen LogP contribution in [0.1, 0.15) is 36.5 Å². The molecule has 0 bridgehead atoms. The molecule has 0 radical (unpaired) electrons. The van der Waals surface area contributed by atoms with Gasteiger partial charge < -0.3 is 13.9 Å². The minimum atomic E-state index is -0.338. The van der Waals surface area contributed by atoms with Gasteiger partial charge in [-0.05, 0) is 30.5 Å². The number of hydrogen-bond acceptors (Lipinski definition) is 5. The Morgan fingerprint density at radius 3 is 2.83 bits per heavy atom. The van der Waals surface area contributed by atoms with Crippen molar-refractivity contribution in [3.05, 3.63) is 68.5 Å². The van der Waals surface area contributed by atoms with Gasteiger partial charge in [0, 0.05) is 30.1 Å². The Morgan fingerprint density at radius 2 is 2.03 bits per heavy atom. The maximum absolute atomic E-state index is 12.2. The number of halogens is 1. The van der Waals surface area contributed by atoms with Gasteiger partial charge in [0.2, 0.25) is 0 Å². The lowest BCUT2D eigenvalue weighted by Crippen LogP contribution is -2.32. The lowest BCUT2D eigenvalue weighted by atomic mass is 10.0. The van der Waals surface area contributed by atoms with Crippen LogP contribution < -0.4 is 15.1 Å². The first-order chi connectivity index (χ1) is 14.1. The second kappa shape index (κ2) is 8.47. The van der Waals surface area contributed by atoms with Gasteiger partial charge in [0.15, 0.2) is 0 Å². The standard InChI is InChI=1S/C23H24ClNO4/c1-3-4-7-15-10-21(26)29-22-17(15)11-19(24)23-18(22)13-25(14-28-23)12-16-8-5-6-9-20(16)27-2/h5-6,8-11H,3-4,7,12-14H2,1-2H3. The molecule has 0 unspecified atom stereocenters. The Kier molecular flexibility index (Phi) is 5.79. The van der Waals surface area contributed by atoms with Crippen LogP contribution in [0, 0.1) is 0 Å². The summed E-state index contributed by atoms with van der Waals surface area (Å²) < 4.78 is 17.1. The lowest BCUT2D eigenvalue weighted by molar-refractivity contribution is 0.0883. The average Bonchev–Trinajstić information content (AvgIpc) is 2.73. The quantitative estimate of drug-likeness (QED) is 0.523. The van der Waals surface area contributed by atoms with Crippen LogP contribution in [0.5, 0.6) is 11.5 Å². The Bertz CT molecular complexity index is 1090. The van der Waals surface area contributed by atoms with Crippen molar-refractivity contribution in [3.63, 3.8) is 0 Å². The molecular weight excluding hydrogens is 390 g/mol. The van der Waals surface area contributed by atoms with Crippen molar-refractivity contribution >= 4 is 22.6 Å². The van der Waals surface area contributed by atoms with E-state index in [0.29, 0.717) is 36.2 Å². The molecule has 1 aromatic heterocycles. The predicted molar refractivity (Wildman–Crippen MR) is 114 cm³/mol. The Morgan fingerprint density at radius 1 is 1.21 bits per heavy atom. The third-order valence-corrected chi connectivity index (χ3v) is 5.56. The van der Waals surface area contributed by atoms with E-state index in [-0.39, 0.29) is 5.63 Å². The zero-order chi connectivity index (χ0) is 20.4. The van der Waals surface area contributed by atoms with Crippen molar-refractivity contribution in [1.29, 1.82) is 0 Å². The van der Waals surface area contributed by atoms with Crippen LogP contribution in [0.4, 0.5) is 0 Å². The number of aryl methyl sites for hydroxylation is 1. The molecule has 5 nitrogen and oxygen atoms in total. The number of unbranched alkanes of at least 4 members (excludes halogenated alkanes) is 1. The summed E-state index contributed by atoms with van der Waals surface area (Å²) in [5.41, 5.74) is 3.11. The van der Waals surface area contributed by atoms with Crippen LogP contribution in [0.15, 0.2) is 45.6 Å². The minimum Gasteiger partial charge on any atom is -0.496 e. The molecule has 152 valence electrons. The summed E-state index contributed by atoms with van der Waals surface area (Å²) in [6, 6.07) is 11.4. The number of nitrogens with zero attached hydrogens (tertiary/aromatic N) is 1. The monoisotopic (exact) mass is 413 g/mol. The van der Waals surface area contributed by atoms with E-state index in [4.69, 9.17) is 25.5 Å². The van der Waals surface area contributed by atoms with Crippen LogP contribution in [0.25, 0.3) is 11.0 Å². The number of fused-ring (bicyclic) bond motifs is 3. The molecule has 0 amide bonds. The molecule has 1 aliphatic rings. The van der Waals surface area contributed by atoms with Crippen molar-refractivity contribution in [1.82, 2.24) is 4.90 Å². The molecule has 0 atom stereocenters. The zero-order valence-corrected chi connectivity index (χ0v) is 17.4. The molecule has 0 fully saturated rings. The maximum atomic E-state index is 12.2. The molecule has 0 N–H and O–H groups in total. The fraction of sp³-hybridized carbons (Fsp3) is 0.348. The summed E-state index contributed by atoms with van der Waals surface area (Å²) in [6.45, 7) is 3.75. The van der Waals surface area contributed by atoms with E-state index in [1.807, 2.05) is 30.3 Å². The summed E-state index contributed by atoms with van der Waals surface area (Å²) in [4.78, 5) is 14.4. The van der Waals surface area contributed by atoms with E-state index in [2.05, 4.69) is 11.8 Å². The van der Waals surface area contributed by atoms with Gasteiger partial charge in [-0.15, -0.1) is 0 Å². The summed E-state index contributed by atoms with van der Waals surface area (Å²) in [7, 11) is 1.67. The highest BCUT2D eigenvalue weighted by molar-refractivity contribution is 6.33. The van der Waals surface area contributed by atoms with Crippen LogP contribution in [-0.2, 0) is 19.5 Å². The fourth-order valence-electron chi connectivity index (χ4n) is 3.85. The molecule has 4 rings (SSSR count). The van der Waals surface area contributed by atoms with Gasteiger partial charge in [0.05, 0.1) is 17.7 Å². The third kappa shape index (κ3) is 3.98. The van der Waals surface area contributed by atoms with Crippen LogP contribution >= 0.6 is 11.6 Å². The first-order valence-corrected chi connectivity index (χ1v) is 10.2. The smallest absolute Gasteiger partial charge is 0.336 e. The van der Waals surface area contributed by atoms with Crippen LogP contribution in [0.3, 0.4) is 0 Å². The van der Waals surface area contributed by atoms with Crippen molar-refractivity contribution < 1.29 is 13.9 Å². The van der Waals surface area contributed by atoms with E-state index in [1.54, 1.807) is 13.2 Å². The van der Waals surface area contributed by atoms with Gasteiger partial charge in [0.1, 0.15) is 23.8 Å². The van der Waals surface area contributed by atoms with Gasteiger partial charge in [-0.2, -0.15) is 0 Å². The Hall–Kier alpha value is -2.50. The van der Waals surface area contributed by atoms with Crippen molar-refractivity contribution in [2.75, 3.05) is 13.8 Å². The summed E-state index contributed by atoms with van der Waals surface area (Å²) in [5, 5.41) is 1.44. The molecule has 2 heterocycles. The topological polar surface area (TPSA) is 51.9 Å². The number of benzene rings is 2. The molecule has 0 aliphatic carbocycles. The molecule has 6 heteroatoms. The Labute approximate surface area is 174 Å². The van der Waals surface area contributed by atoms with Crippen molar-refractivity contribution in [2.24, 2.45) is 0 Å². The van der Waals surface area contributed by atoms with Crippen LogP contribution in [0.2, 0.25) is 5.02 Å². The fourth-order valence-corrected chi connectivity index (χ4v) is 4.13. The van der Waals surface area contributed by atoms with Gasteiger partial charge in [0.25, 0.3) is 0 Å². The van der Waals surface area contributed by atoms with E-state index < -0.39 is 0 Å². The SMILES string of the molecule is CCCCc1cc(=O)oc2c3c(c(Cl)cc12)OCN(Cc1ccccc1OC)C3. The highest BCUT2D eigenvalue weighted by Gasteiger charge is 2.25. The molecular formula is C23H24ClNO4. The van der Waals surface area contributed by atoms with E-state index in [1.165, 1.54) is 0 Å². The lowest BCUT2D eigenvalue weighted by Gasteiger charge is -2.30. The van der Waals surface area contributed by atoms with Gasteiger partial charge in [-0.3, -0.25) is 4.90 Å². The Balaban J connectivity index is 1.73. The highest BCUT2D eigenvalue weighted by Crippen LogP contribution is 2.40. The molecule has 0 saturated carbocycles. The summed E-state index contributed by atoms with van der Waals surface area (Å²) >= 11 is 6.54. The second-order valence-corrected chi connectivity index (χ2v) is 7.72. The number of methoxy groups -OCH3 is 1. The van der Waals surface area contributed by atoms with Crippen molar-refractivity contribution in [2.45, 2.75) is 39.3 Å². The zero-order valence-electron chi connectivity index (χ0n) is 16.7. The van der Waals surface area contributed by atoms with E-state index in [0.717, 1.165) is 47.1 Å². The number of rotatable bonds is 6. The van der Waals surface area contributed by atoms with Gasteiger partial charge >= 0.3 is 5.63 Å². The van der Waals surface area contributed by atoms with Crippen molar-refractivity contribution in [3.8, 4) is 11.5 Å². The molecule has 2 aromatic carbocycles. The normalized spacial score (nSPS) is 13.9. The molecule has 1 aliphatic heterocycles. The average molecular weight is 414 g/mol. The molecule has 0 saturated heterocycles. The summed E-state index contributed by atoms with van der Waals surface area (Å²) in [6.07, 6.45) is 2.87. The molecule has 29 heavy (non-hydrogen) atoms. The molecule has 0 spiro atoms. The number of para-hydroxylation sites is 1. The largest absolute Gasteiger partial charge is 0.496 e. The summed E-state index contributed by atoms with van der Waals surface area (Å²) in [5.74, 6) is 1.44. The first-order valence-electron chi connectivity index (χ1n) is 9.86. The number of ether oxygens (including phenoxy) is 2. The third-order valence-electron chi connectivity index (χ3n) is 5.28.